The maximum atomic E-state index is 6.97. The molecule has 0 radical (unpaired) electrons. The summed E-state index contributed by atoms with van der Waals surface area (Å²) in [4.78, 5) is 0. The first-order valence-corrected chi connectivity index (χ1v) is 13.9. The molecule has 1 heteroatoms. The molecule has 4 rings (SSSR count). The van der Waals surface area contributed by atoms with Crippen LogP contribution in [0.5, 0.6) is 0 Å². The highest BCUT2D eigenvalue weighted by atomic mass is 14.8. The van der Waals surface area contributed by atoms with E-state index in [-0.39, 0.29) is 0 Å². The topological polar surface area (TPSA) is 26.0 Å². The SMILES string of the molecule is C=C(CC)CCC(N)C1CCC2C3C(C)CC4(C)CC(C)CCC4(C)C3CC(C)C12C. The second-order valence-electron chi connectivity index (χ2n) is 13.8. The number of hydrogen-bond donors (Lipinski definition) is 1. The maximum absolute atomic E-state index is 6.97. The van der Waals surface area contributed by atoms with E-state index in [1.807, 2.05) is 0 Å². The van der Waals surface area contributed by atoms with Crippen LogP contribution in [0.15, 0.2) is 12.2 Å². The fourth-order valence-corrected chi connectivity index (χ4v) is 10.3. The van der Waals surface area contributed by atoms with E-state index < -0.39 is 0 Å². The molecule has 0 bridgehead atoms. The second kappa shape index (κ2) is 8.18. The molecule has 11 atom stereocenters. The van der Waals surface area contributed by atoms with Crippen LogP contribution in [0.3, 0.4) is 0 Å². The summed E-state index contributed by atoms with van der Waals surface area (Å²) in [5, 5.41) is 0. The van der Waals surface area contributed by atoms with Crippen molar-refractivity contribution in [2.75, 3.05) is 0 Å². The zero-order valence-corrected chi connectivity index (χ0v) is 22.0. The third-order valence-corrected chi connectivity index (χ3v) is 12.4. The maximum Gasteiger partial charge on any atom is 0.00756 e. The van der Waals surface area contributed by atoms with Crippen LogP contribution in [0.1, 0.15) is 113 Å². The van der Waals surface area contributed by atoms with Crippen molar-refractivity contribution in [2.24, 2.45) is 63.4 Å². The van der Waals surface area contributed by atoms with Gasteiger partial charge in [-0.15, -0.1) is 0 Å². The Balaban J connectivity index is 1.61. The van der Waals surface area contributed by atoms with Crippen molar-refractivity contribution in [3.05, 3.63) is 12.2 Å². The zero-order chi connectivity index (χ0) is 22.8. The number of hydrogen-bond acceptors (Lipinski definition) is 1. The van der Waals surface area contributed by atoms with Crippen LogP contribution < -0.4 is 5.73 Å². The molecule has 0 heterocycles. The third kappa shape index (κ3) is 3.50. The Morgan fingerprint density at radius 3 is 2.42 bits per heavy atom. The van der Waals surface area contributed by atoms with Gasteiger partial charge in [0.25, 0.3) is 0 Å². The van der Waals surface area contributed by atoms with Crippen LogP contribution in [0.2, 0.25) is 0 Å². The van der Waals surface area contributed by atoms with Crippen LogP contribution in [0, 0.1) is 57.7 Å². The molecule has 11 unspecified atom stereocenters. The van der Waals surface area contributed by atoms with Crippen molar-refractivity contribution in [1.82, 2.24) is 0 Å². The molecule has 2 N–H and O–H groups in total. The number of allylic oxidation sites excluding steroid dienone is 1. The van der Waals surface area contributed by atoms with Crippen molar-refractivity contribution in [1.29, 1.82) is 0 Å². The summed E-state index contributed by atoms with van der Waals surface area (Å²) in [5.74, 6) is 6.05. The Labute approximate surface area is 194 Å². The predicted octanol–water partition coefficient (Wildman–Crippen LogP) is 8.24. The zero-order valence-electron chi connectivity index (χ0n) is 22.0. The van der Waals surface area contributed by atoms with E-state index in [0.717, 1.165) is 54.8 Å². The van der Waals surface area contributed by atoms with Crippen molar-refractivity contribution in [3.8, 4) is 0 Å². The average molecular weight is 428 g/mol. The second-order valence-corrected chi connectivity index (χ2v) is 13.8. The summed E-state index contributed by atoms with van der Waals surface area (Å²) in [5.41, 5.74) is 9.88. The summed E-state index contributed by atoms with van der Waals surface area (Å²) in [6.07, 6.45) is 13.5. The quantitative estimate of drug-likeness (QED) is 0.439. The monoisotopic (exact) mass is 427 g/mol. The van der Waals surface area contributed by atoms with Crippen molar-refractivity contribution < 1.29 is 0 Å². The number of fused-ring (bicyclic) bond motifs is 5. The van der Waals surface area contributed by atoms with Gasteiger partial charge in [-0.05, 0) is 115 Å². The minimum atomic E-state index is 0.354. The Bertz CT molecular complexity index is 682. The molecule has 0 aliphatic heterocycles. The molecule has 0 aromatic rings. The largest absolute Gasteiger partial charge is 0.327 e. The molecule has 4 fully saturated rings. The minimum absolute atomic E-state index is 0.354. The van der Waals surface area contributed by atoms with Crippen LogP contribution in [-0.4, -0.2) is 6.04 Å². The van der Waals surface area contributed by atoms with Crippen LogP contribution in [0.25, 0.3) is 0 Å². The minimum Gasteiger partial charge on any atom is -0.327 e. The van der Waals surface area contributed by atoms with Gasteiger partial charge in [0.05, 0.1) is 0 Å². The van der Waals surface area contributed by atoms with E-state index in [1.54, 1.807) is 0 Å². The van der Waals surface area contributed by atoms with E-state index in [4.69, 9.17) is 5.73 Å². The number of nitrogens with two attached hydrogens (primary N) is 1. The highest BCUT2D eigenvalue weighted by molar-refractivity contribution is 5.15. The Kier molecular flexibility index (Phi) is 6.29. The predicted molar refractivity (Wildman–Crippen MR) is 135 cm³/mol. The van der Waals surface area contributed by atoms with E-state index in [1.165, 1.54) is 50.5 Å². The molecule has 178 valence electrons. The fourth-order valence-electron chi connectivity index (χ4n) is 10.3. The fraction of sp³-hybridized carbons (Fsp3) is 0.933. The Hall–Kier alpha value is -0.300. The standard InChI is InChI=1S/C30H53N/c1-9-19(2)10-13-26(31)23-11-12-24-27-21(4)18-28(6)17-20(3)14-15-29(28,7)25(27)16-22(5)30(23,24)8/h20-27H,2,9-18,31H2,1,3-8H3. The lowest BCUT2D eigenvalue weighted by Gasteiger charge is -2.68. The van der Waals surface area contributed by atoms with Crippen molar-refractivity contribution in [2.45, 2.75) is 119 Å². The summed E-state index contributed by atoms with van der Waals surface area (Å²) < 4.78 is 0. The van der Waals surface area contributed by atoms with Gasteiger partial charge in [0.1, 0.15) is 0 Å². The van der Waals surface area contributed by atoms with E-state index in [0.29, 0.717) is 28.2 Å². The molecular weight excluding hydrogens is 374 g/mol. The molecule has 4 aliphatic rings. The molecular formula is C30H53N. The first-order chi connectivity index (χ1) is 14.5. The van der Waals surface area contributed by atoms with Gasteiger partial charge in [0.2, 0.25) is 0 Å². The molecule has 0 amide bonds. The van der Waals surface area contributed by atoms with Gasteiger partial charge >= 0.3 is 0 Å². The molecule has 1 nitrogen and oxygen atoms in total. The van der Waals surface area contributed by atoms with Crippen LogP contribution in [0.4, 0.5) is 0 Å². The normalized spacial score (nSPS) is 52.7. The van der Waals surface area contributed by atoms with Gasteiger partial charge < -0.3 is 5.73 Å². The highest BCUT2D eigenvalue weighted by Crippen LogP contribution is 2.73. The summed E-state index contributed by atoms with van der Waals surface area (Å²) in [6, 6.07) is 0.354. The summed E-state index contributed by atoms with van der Waals surface area (Å²) in [7, 11) is 0. The molecule has 31 heavy (non-hydrogen) atoms. The lowest BCUT2D eigenvalue weighted by atomic mass is 9.37. The summed E-state index contributed by atoms with van der Waals surface area (Å²) >= 11 is 0. The third-order valence-electron chi connectivity index (χ3n) is 12.4. The highest BCUT2D eigenvalue weighted by Gasteiger charge is 2.66. The molecule has 0 aromatic heterocycles. The molecule has 0 saturated heterocycles. The van der Waals surface area contributed by atoms with Gasteiger partial charge in [-0.3, -0.25) is 0 Å². The van der Waals surface area contributed by atoms with Crippen molar-refractivity contribution in [3.63, 3.8) is 0 Å². The number of rotatable bonds is 5. The molecule has 4 saturated carbocycles. The van der Waals surface area contributed by atoms with E-state index >= 15 is 0 Å². The van der Waals surface area contributed by atoms with Crippen LogP contribution >= 0.6 is 0 Å². The van der Waals surface area contributed by atoms with Gasteiger partial charge in [-0.1, -0.05) is 67.0 Å². The lowest BCUT2D eigenvalue weighted by molar-refractivity contribution is -0.195. The summed E-state index contributed by atoms with van der Waals surface area (Å²) in [6.45, 7) is 22.3. The van der Waals surface area contributed by atoms with Crippen molar-refractivity contribution >= 4 is 0 Å². The average Bonchev–Trinajstić information content (AvgIpc) is 3.06. The van der Waals surface area contributed by atoms with E-state index in [9.17, 15) is 0 Å². The molecule has 4 aliphatic carbocycles. The first kappa shape index (κ1) is 23.8. The smallest absolute Gasteiger partial charge is 0.00756 e. The van der Waals surface area contributed by atoms with Gasteiger partial charge in [0, 0.05) is 6.04 Å². The van der Waals surface area contributed by atoms with Gasteiger partial charge in [-0.2, -0.15) is 0 Å². The Morgan fingerprint density at radius 2 is 1.74 bits per heavy atom. The molecule has 0 aromatic carbocycles. The van der Waals surface area contributed by atoms with Gasteiger partial charge in [0.15, 0.2) is 0 Å². The van der Waals surface area contributed by atoms with Crippen LogP contribution in [-0.2, 0) is 0 Å². The Morgan fingerprint density at radius 1 is 1.03 bits per heavy atom. The molecule has 0 spiro atoms. The van der Waals surface area contributed by atoms with Gasteiger partial charge in [-0.25, -0.2) is 0 Å². The lowest BCUT2D eigenvalue weighted by Crippen LogP contribution is -2.62. The first-order valence-electron chi connectivity index (χ1n) is 13.9. The van der Waals surface area contributed by atoms with E-state index in [2.05, 4.69) is 55.0 Å².